The van der Waals surface area contributed by atoms with Gasteiger partial charge in [0.2, 0.25) is 0 Å². The monoisotopic (exact) mass is 209 g/mol. The van der Waals surface area contributed by atoms with Gasteiger partial charge in [0.15, 0.2) is 0 Å². The maximum Gasteiger partial charge on any atom is 0.133 e. The molecule has 0 aliphatic rings. The maximum atomic E-state index is 9.91. The smallest absolute Gasteiger partial charge is 0.133 e. The average molecular weight is 209 g/mol. The van der Waals surface area contributed by atoms with Gasteiger partial charge in [-0.2, -0.15) is 4.37 Å². The van der Waals surface area contributed by atoms with Gasteiger partial charge < -0.3 is 9.67 Å². The highest BCUT2D eigenvalue weighted by atomic mass is 32.1. The molecule has 5 heteroatoms. The third kappa shape index (κ3) is 1.69. The van der Waals surface area contributed by atoms with Crippen molar-refractivity contribution in [3.05, 3.63) is 34.9 Å². The molecule has 0 bridgehead atoms. The predicted octanol–water partition coefficient (Wildman–Crippen LogP) is 1.27. The highest BCUT2D eigenvalue weighted by Gasteiger charge is 2.15. The zero-order valence-electron chi connectivity index (χ0n) is 8.01. The largest absolute Gasteiger partial charge is 0.381 e. The summed E-state index contributed by atoms with van der Waals surface area (Å²) in [5.74, 6) is 0. The van der Waals surface area contributed by atoms with Crippen LogP contribution in [0, 0.1) is 6.92 Å². The fourth-order valence-corrected chi connectivity index (χ4v) is 1.98. The zero-order valence-corrected chi connectivity index (χ0v) is 8.82. The molecule has 1 N–H and O–H groups in total. The highest BCUT2D eigenvalue weighted by Crippen LogP contribution is 2.23. The van der Waals surface area contributed by atoms with Crippen LogP contribution in [-0.4, -0.2) is 19.0 Å². The van der Waals surface area contributed by atoms with Crippen molar-refractivity contribution in [2.45, 2.75) is 13.0 Å². The molecule has 0 radical (unpaired) electrons. The first kappa shape index (κ1) is 9.36. The van der Waals surface area contributed by atoms with Crippen LogP contribution in [0.15, 0.2) is 18.6 Å². The molecule has 0 aromatic carbocycles. The fourth-order valence-electron chi connectivity index (χ4n) is 1.23. The molecule has 2 heterocycles. The standard InChI is InChI=1S/C9H11N3OS/c1-6-3-8(14-11-6)9(13)7-4-12(2)5-10-7/h3-5,9,13H,1-2H3. The molecule has 14 heavy (non-hydrogen) atoms. The minimum Gasteiger partial charge on any atom is -0.381 e. The molecule has 0 aliphatic heterocycles. The van der Waals surface area contributed by atoms with Crippen LogP contribution >= 0.6 is 11.5 Å². The van der Waals surface area contributed by atoms with Gasteiger partial charge in [0.05, 0.1) is 22.6 Å². The Balaban J connectivity index is 2.28. The van der Waals surface area contributed by atoms with Gasteiger partial charge in [0.1, 0.15) is 6.10 Å². The van der Waals surface area contributed by atoms with Gasteiger partial charge in [0.25, 0.3) is 0 Å². The molecule has 0 fully saturated rings. The van der Waals surface area contributed by atoms with Crippen LogP contribution in [0.4, 0.5) is 0 Å². The van der Waals surface area contributed by atoms with E-state index in [1.165, 1.54) is 11.5 Å². The molecule has 0 saturated carbocycles. The lowest BCUT2D eigenvalue weighted by atomic mass is 10.2. The Kier molecular flexibility index (Phi) is 2.35. The van der Waals surface area contributed by atoms with Crippen molar-refractivity contribution in [2.75, 3.05) is 0 Å². The van der Waals surface area contributed by atoms with Crippen molar-refractivity contribution >= 4 is 11.5 Å². The van der Waals surface area contributed by atoms with Crippen LogP contribution in [0.2, 0.25) is 0 Å². The molecule has 2 aromatic heterocycles. The van der Waals surface area contributed by atoms with Crippen LogP contribution < -0.4 is 0 Å². The van der Waals surface area contributed by atoms with E-state index in [1.54, 1.807) is 12.5 Å². The second-order valence-corrected chi connectivity index (χ2v) is 4.07. The third-order valence-electron chi connectivity index (χ3n) is 1.92. The summed E-state index contributed by atoms with van der Waals surface area (Å²) in [5.41, 5.74) is 1.59. The van der Waals surface area contributed by atoms with Crippen LogP contribution in [0.3, 0.4) is 0 Å². The first-order chi connectivity index (χ1) is 6.66. The summed E-state index contributed by atoms with van der Waals surface area (Å²) in [6.07, 6.45) is 2.83. The Morgan fingerprint density at radius 3 is 2.86 bits per heavy atom. The molecule has 0 saturated heterocycles. The second-order valence-electron chi connectivity index (χ2n) is 3.24. The van der Waals surface area contributed by atoms with E-state index in [1.807, 2.05) is 24.6 Å². The summed E-state index contributed by atoms with van der Waals surface area (Å²) in [6, 6.07) is 1.88. The Morgan fingerprint density at radius 1 is 1.57 bits per heavy atom. The molecule has 1 unspecified atom stereocenters. The Bertz CT molecular complexity index is 394. The number of imidazole rings is 1. The zero-order chi connectivity index (χ0) is 10.1. The SMILES string of the molecule is Cc1cc(C(O)c2cn(C)cn2)sn1. The third-order valence-corrected chi connectivity index (χ3v) is 2.85. The predicted molar refractivity (Wildman–Crippen MR) is 54.1 cm³/mol. The van der Waals surface area contributed by atoms with E-state index in [4.69, 9.17) is 0 Å². The lowest BCUT2D eigenvalue weighted by molar-refractivity contribution is 0.219. The fraction of sp³-hybridized carbons (Fsp3) is 0.333. The van der Waals surface area contributed by atoms with Gasteiger partial charge in [-0.1, -0.05) is 0 Å². The van der Waals surface area contributed by atoms with Gasteiger partial charge in [-0.25, -0.2) is 4.98 Å². The topological polar surface area (TPSA) is 50.9 Å². The minimum absolute atomic E-state index is 0.651. The van der Waals surface area contributed by atoms with Gasteiger partial charge in [-0.15, -0.1) is 0 Å². The van der Waals surface area contributed by atoms with Gasteiger partial charge in [-0.3, -0.25) is 0 Å². The quantitative estimate of drug-likeness (QED) is 0.810. The Labute approximate surface area is 86.0 Å². The van der Waals surface area contributed by atoms with Crippen LogP contribution in [0.1, 0.15) is 22.4 Å². The number of aliphatic hydroxyl groups excluding tert-OH is 1. The lowest BCUT2D eigenvalue weighted by Crippen LogP contribution is -1.97. The lowest BCUT2D eigenvalue weighted by Gasteiger charge is -2.02. The normalized spacial score (nSPS) is 13.1. The van der Waals surface area contributed by atoms with E-state index >= 15 is 0 Å². The van der Waals surface area contributed by atoms with Crippen molar-refractivity contribution in [1.82, 2.24) is 13.9 Å². The summed E-state index contributed by atoms with van der Waals surface area (Å²) >= 11 is 1.31. The summed E-state index contributed by atoms with van der Waals surface area (Å²) in [6.45, 7) is 1.91. The molecule has 74 valence electrons. The van der Waals surface area contributed by atoms with Gasteiger partial charge >= 0.3 is 0 Å². The summed E-state index contributed by atoms with van der Waals surface area (Å²) < 4.78 is 5.93. The number of hydrogen-bond acceptors (Lipinski definition) is 4. The number of hydrogen-bond donors (Lipinski definition) is 1. The first-order valence-corrected chi connectivity index (χ1v) is 5.03. The van der Waals surface area contributed by atoms with Crippen molar-refractivity contribution in [1.29, 1.82) is 0 Å². The van der Waals surface area contributed by atoms with Crippen molar-refractivity contribution in [2.24, 2.45) is 7.05 Å². The van der Waals surface area contributed by atoms with Gasteiger partial charge in [0, 0.05) is 13.2 Å². The Hall–Kier alpha value is -1.20. The van der Waals surface area contributed by atoms with Crippen molar-refractivity contribution in [3.63, 3.8) is 0 Å². The van der Waals surface area contributed by atoms with Crippen LogP contribution in [0.5, 0.6) is 0 Å². The highest BCUT2D eigenvalue weighted by molar-refractivity contribution is 7.05. The molecule has 2 rings (SSSR count). The van der Waals surface area contributed by atoms with E-state index in [0.29, 0.717) is 5.69 Å². The van der Waals surface area contributed by atoms with E-state index in [-0.39, 0.29) is 0 Å². The first-order valence-electron chi connectivity index (χ1n) is 4.26. The summed E-state index contributed by atoms with van der Waals surface area (Å²) in [4.78, 5) is 4.93. The van der Waals surface area contributed by atoms with Gasteiger partial charge in [-0.05, 0) is 24.5 Å². The Morgan fingerprint density at radius 2 is 2.36 bits per heavy atom. The molecular weight excluding hydrogens is 198 g/mol. The molecule has 4 nitrogen and oxygen atoms in total. The van der Waals surface area contributed by atoms with Crippen LogP contribution in [-0.2, 0) is 7.05 Å². The number of nitrogens with zero attached hydrogens (tertiary/aromatic N) is 3. The molecule has 2 aromatic rings. The maximum absolute atomic E-state index is 9.91. The molecule has 0 spiro atoms. The number of rotatable bonds is 2. The minimum atomic E-state index is -0.651. The number of aromatic nitrogens is 3. The molecular formula is C9H11N3OS. The second kappa shape index (κ2) is 3.51. The van der Waals surface area contributed by atoms with E-state index in [2.05, 4.69) is 9.36 Å². The molecule has 1 atom stereocenters. The average Bonchev–Trinajstić information content (AvgIpc) is 2.73. The van der Waals surface area contributed by atoms with Crippen molar-refractivity contribution < 1.29 is 5.11 Å². The van der Waals surface area contributed by atoms with E-state index in [0.717, 1.165) is 10.6 Å². The van der Waals surface area contributed by atoms with Crippen molar-refractivity contribution in [3.8, 4) is 0 Å². The van der Waals surface area contributed by atoms with E-state index in [9.17, 15) is 5.11 Å². The molecule has 0 amide bonds. The number of aliphatic hydroxyl groups is 1. The summed E-state index contributed by atoms with van der Waals surface area (Å²) in [5, 5.41) is 9.91. The molecule has 0 aliphatic carbocycles. The number of aryl methyl sites for hydroxylation is 2. The summed E-state index contributed by atoms with van der Waals surface area (Å²) in [7, 11) is 1.88. The van der Waals surface area contributed by atoms with Crippen LogP contribution in [0.25, 0.3) is 0 Å². The van der Waals surface area contributed by atoms with E-state index < -0.39 is 6.10 Å².